The predicted molar refractivity (Wildman–Crippen MR) is 121 cm³/mol. The van der Waals surface area contributed by atoms with Gasteiger partial charge in [0.05, 0.1) is 5.92 Å². The molecule has 4 heteroatoms. The molecule has 2 aliphatic rings. The number of anilines is 1. The summed E-state index contributed by atoms with van der Waals surface area (Å²) in [5.41, 5.74) is 3.74. The van der Waals surface area contributed by atoms with Crippen molar-refractivity contribution in [3.63, 3.8) is 0 Å². The molecular formula is C26H28N2O2. The van der Waals surface area contributed by atoms with Crippen LogP contribution < -0.4 is 10.2 Å². The molecule has 1 aliphatic carbocycles. The van der Waals surface area contributed by atoms with Crippen LogP contribution in [-0.4, -0.2) is 30.2 Å². The maximum absolute atomic E-state index is 11.1. The Hall–Kier alpha value is -2.85. The second kappa shape index (κ2) is 7.77. The average molecular weight is 401 g/mol. The minimum atomic E-state index is -0.669. The standard InChI is InChI=1S/C26H28N2O2/c1-17(22-8-4-6-18-5-2-3-7-23(18)22)27-20-13-14-28(16-20)21-11-9-19(10-12-21)24-15-25(24)26(29)30/h2-12,17,20,24-25,27H,13-16H2,1H3,(H,29,30)/t17-,20+,24-,25-/m1/s1. The third-order valence-corrected chi connectivity index (χ3v) is 6.76. The fraction of sp³-hybridized carbons (Fsp3) is 0.346. The van der Waals surface area contributed by atoms with E-state index in [-0.39, 0.29) is 11.8 Å². The van der Waals surface area contributed by atoms with Crippen LogP contribution >= 0.6 is 0 Å². The Labute approximate surface area is 177 Å². The second-order valence-electron chi connectivity index (χ2n) is 8.77. The van der Waals surface area contributed by atoms with Gasteiger partial charge in [-0.1, -0.05) is 54.6 Å². The van der Waals surface area contributed by atoms with Gasteiger partial charge >= 0.3 is 5.97 Å². The quantitative estimate of drug-likeness (QED) is 0.614. The van der Waals surface area contributed by atoms with Gasteiger partial charge in [-0.3, -0.25) is 4.79 Å². The number of carboxylic acids is 1. The van der Waals surface area contributed by atoms with Gasteiger partial charge in [-0.15, -0.1) is 0 Å². The largest absolute Gasteiger partial charge is 0.481 e. The summed E-state index contributed by atoms with van der Waals surface area (Å²) in [5.74, 6) is -0.657. The minimum absolute atomic E-state index is 0.188. The number of carbonyl (C=O) groups is 1. The van der Waals surface area contributed by atoms with E-state index in [1.54, 1.807) is 0 Å². The van der Waals surface area contributed by atoms with Gasteiger partial charge in [0.25, 0.3) is 0 Å². The van der Waals surface area contributed by atoms with E-state index in [1.165, 1.54) is 22.0 Å². The molecule has 1 aliphatic heterocycles. The highest BCUT2D eigenvalue weighted by Gasteiger charge is 2.44. The highest BCUT2D eigenvalue weighted by molar-refractivity contribution is 5.86. The van der Waals surface area contributed by atoms with Gasteiger partial charge in [0.1, 0.15) is 0 Å². The Balaban J connectivity index is 1.22. The van der Waals surface area contributed by atoms with Gasteiger partial charge in [0.15, 0.2) is 0 Å². The maximum atomic E-state index is 11.1. The lowest BCUT2D eigenvalue weighted by molar-refractivity contribution is -0.138. The number of hydrogen-bond acceptors (Lipinski definition) is 3. The van der Waals surface area contributed by atoms with Gasteiger partial charge in [-0.05, 0) is 59.7 Å². The first-order valence-electron chi connectivity index (χ1n) is 10.9. The van der Waals surface area contributed by atoms with Crippen LogP contribution in [0, 0.1) is 5.92 Å². The van der Waals surface area contributed by atoms with E-state index in [2.05, 4.69) is 83.9 Å². The normalized spacial score (nSPS) is 24.2. The molecular weight excluding hydrogens is 372 g/mol. The van der Waals surface area contributed by atoms with Crippen LogP contribution in [0.1, 0.15) is 42.9 Å². The molecule has 2 N–H and O–H groups in total. The molecule has 0 unspecified atom stereocenters. The topological polar surface area (TPSA) is 52.6 Å². The van der Waals surface area contributed by atoms with Crippen LogP contribution in [0.5, 0.6) is 0 Å². The molecule has 0 radical (unpaired) electrons. The molecule has 1 heterocycles. The van der Waals surface area contributed by atoms with Gasteiger partial charge in [-0.2, -0.15) is 0 Å². The molecule has 4 nitrogen and oxygen atoms in total. The molecule has 2 fully saturated rings. The summed E-state index contributed by atoms with van der Waals surface area (Å²) >= 11 is 0. The summed E-state index contributed by atoms with van der Waals surface area (Å²) in [7, 11) is 0. The lowest BCUT2D eigenvalue weighted by atomic mass is 9.99. The first-order chi connectivity index (χ1) is 14.6. The molecule has 3 aromatic rings. The smallest absolute Gasteiger partial charge is 0.307 e. The Morgan fingerprint density at radius 2 is 1.83 bits per heavy atom. The van der Waals surface area contributed by atoms with E-state index < -0.39 is 5.97 Å². The second-order valence-corrected chi connectivity index (χ2v) is 8.77. The Bertz CT molecular complexity index is 1060. The molecule has 154 valence electrons. The van der Waals surface area contributed by atoms with Crippen molar-refractivity contribution in [2.24, 2.45) is 5.92 Å². The molecule has 1 saturated heterocycles. The van der Waals surface area contributed by atoms with Gasteiger partial charge in [0.2, 0.25) is 0 Å². The number of rotatable bonds is 6. The van der Waals surface area contributed by atoms with Crippen LogP contribution in [0.25, 0.3) is 10.8 Å². The van der Waals surface area contributed by atoms with Crippen molar-refractivity contribution in [3.05, 3.63) is 77.9 Å². The zero-order valence-corrected chi connectivity index (χ0v) is 17.3. The van der Waals surface area contributed by atoms with Crippen molar-refractivity contribution in [1.29, 1.82) is 0 Å². The summed E-state index contributed by atoms with van der Waals surface area (Å²) in [6, 6.07) is 24.4. The zero-order valence-electron chi connectivity index (χ0n) is 17.3. The van der Waals surface area contributed by atoms with E-state index in [1.807, 2.05) is 0 Å². The summed E-state index contributed by atoms with van der Waals surface area (Å²) in [6.45, 7) is 4.30. The number of nitrogens with zero attached hydrogens (tertiary/aromatic N) is 1. The predicted octanol–water partition coefficient (Wildman–Crippen LogP) is 4.96. The molecule has 3 aromatic carbocycles. The molecule has 30 heavy (non-hydrogen) atoms. The van der Waals surface area contributed by atoms with Crippen LogP contribution in [0.15, 0.2) is 66.7 Å². The van der Waals surface area contributed by atoms with Crippen molar-refractivity contribution in [2.75, 3.05) is 18.0 Å². The Kier molecular flexibility index (Phi) is 4.95. The number of benzene rings is 3. The number of fused-ring (bicyclic) bond motifs is 1. The van der Waals surface area contributed by atoms with E-state index in [4.69, 9.17) is 5.11 Å². The minimum Gasteiger partial charge on any atom is -0.481 e. The Morgan fingerprint density at radius 3 is 2.60 bits per heavy atom. The Morgan fingerprint density at radius 1 is 1.07 bits per heavy atom. The zero-order chi connectivity index (χ0) is 20.7. The average Bonchev–Trinajstić information content (AvgIpc) is 3.45. The molecule has 1 saturated carbocycles. The maximum Gasteiger partial charge on any atom is 0.307 e. The first kappa shape index (κ1) is 19.1. The number of nitrogens with one attached hydrogen (secondary N) is 1. The van der Waals surface area contributed by atoms with Gasteiger partial charge in [-0.25, -0.2) is 0 Å². The molecule has 0 bridgehead atoms. The fourth-order valence-corrected chi connectivity index (χ4v) is 4.97. The van der Waals surface area contributed by atoms with Crippen molar-refractivity contribution in [2.45, 2.75) is 37.8 Å². The monoisotopic (exact) mass is 400 g/mol. The van der Waals surface area contributed by atoms with Crippen LogP contribution in [0.2, 0.25) is 0 Å². The number of carboxylic acid groups (broad SMARTS) is 1. The van der Waals surface area contributed by atoms with Gasteiger partial charge in [0, 0.05) is 30.9 Å². The number of hydrogen-bond donors (Lipinski definition) is 2. The summed E-state index contributed by atoms with van der Waals surface area (Å²) < 4.78 is 0. The van der Waals surface area contributed by atoms with E-state index in [0.717, 1.165) is 31.5 Å². The lowest BCUT2D eigenvalue weighted by Crippen LogP contribution is -2.34. The lowest BCUT2D eigenvalue weighted by Gasteiger charge is -2.23. The highest BCUT2D eigenvalue weighted by atomic mass is 16.4. The van der Waals surface area contributed by atoms with Crippen molar-refractivity contribution in [3.8, 4) is 0 Å². The number of aliphatic carboxylic acids is 1. The third-order valence-electron chi connectivity index (χ3n) is 6.76. The van der Waals surface area contributed by atoms with Crippen molar-refractivity contribution in [1.82, 2.24) is 5.32 Å². The summed E-state index contributed by atoms with van der Waals surface area (Å²) in [6.07, 6.45) is 1.90. The van der Waals surface area contributed by atoms with E-state index in [9.17, 15) is 4.79 Å². The summed E-state index contributed by atoms with van der Waals surface area (Å²) in [4.78, 5) is 13.5. The molecule has 0 aromatic heterocycles. The SMILES string of the molecule is C[C@@H](N[C@H]1CCN(c2ccc([C@H]3C[C@H]3C(=O)O)cc2)C1)c1cccc2ccccc12. The molecule has 0 spiro atoms. The highest BCUT2D eigenvalue weighted by Crippen LogP contribution is 2.47. The first-order valence-corrected chi connectivity index (χ1v) is 10.9. The third kappa shape index (κ3) is 3.68. The van der Waals surface area contributed by atoms with Crippen molar-refractivity contribution >= 4 is 22.4 Å². The van der Waals surface area contributed by atoms with Crippen LogP contribution in [-0.2, 0) is 4.79 Å². The van der Waals surface area contributed by atoms with E-state index in [0.29, 0.717) is 12.1 Å². The molecule has 4 atom stereocenters. The van der Waals surface area contributed by atoms with Crippen LogP contribution in [0.3, 0.4) is 0 Å². The van der Waals surface area contributed by atoms with Crippen molar-refractivity contribution < 1.29 is 9.90 Å². The molecule has 5 rings (SSSR count). The van der Waals surface area contributed by atoms with E-state index >= 15 is 0 Å². The summed E-state index contributed by atoms with van der Waals surface area (Å²) in [5, 5.41) is 15.6. The molecule has 0 amide bonds. The van der Waals surface area contributed by atoms with Gasteiger partial charge < -0.3 is 15.3 Å². The fourth-order valence-electron chi connectivity index (χ4n) is 4.97. The van der Waals surface area contributed by atoms with Crippen LogP contribution in [0.4, 0.5) is 5.69 Å².